The number of nitrogens with one attached hydrogen (secondary N) is 1. The minimum absolute atomic E-state index is 0.131. The van der Waals surface area contributed by atoms with Crippen LogP contribution in [0.25, 0.3) is 0 Å². The van der Waals surface area contributed by atoms with E-state index in [-0.39, 0.29) is 12.6 Å². The quantitative estimate of drug-likeness (QED) is 0.683. The zero-order valence-electron chi connectivity index (χ0n) is 13.3. The van der Waals surface area contributed by atoms with Gasteiger partial charge in [-0.25, -0.2) is 4.79 Å². The molecule has 23 heavy (non-hydrogen) atoms. The van der Waals surface area contributed by atoms with E-state index in [1.54, 1.807) is 0 Å². The molecule has 1 saturated carbocycles. The van der Waals surface area contributed by atoms with Crippen LogP contribution in [0.4, 0.5) is 4.79 Å². The summed E-state index contributed by atoms with van der Waals surface area (Å²) < 4.78 is 0. The molecular formula is C17H24N2O4. The van der Waals surface area contributed by atoms with Crippen LogP contribution in [-0.4, -0.2) is 45.3 Å². The summed E-state index contributed by atoms with van der Waals surface area (Å²) >= 11 is 0. The fraction of sp³-hybridized carbons (Fsp3) is 0.529. The summed E-state index contributed by atoms with van der Waals surface area (Å²) in [5, 5.41) is 22.6. The van der Waals surface area contributed by atoms with Gasteiger partial charge in [0.25, 0.3) is 5.91 Å². The molecule has 1 fully saturated rings. The summed E-state index contributed by atoms with van der Waals surface area (Å²) in [6, 6.07) is 8.56. The molecule has 1 aliphatic rings. The number of carboxylic acid groups (broad SMARTS) is 1. The Morgan fingerprint density at radius 3 is 2.48 bits per heavy atom. The van der Waals surface area contributed by atoms with Crippen LogP contribution in [0.15, 0.2) is 30.3 Å². The van der Waals surface area contributed by atoms with E-state index in [0.29, 0.717) is 12.8 Å². The Morgan fingerprint density at radius 2 is 1.96 bits per heavy atom. The largest absolute Gasteiger partial charge is 0.465 e. The summed E-state index contributed by atoms with van der Waals surface area (Å²) in [6.07, 6.45) is 0.462. The van der Waals surface area contributed by atoms with Crippen molar-refractivity contribution in [3.05, 3.63) is 35.9 Å². The highest BCUT2D eigenvalue weighted by Crippen LogP contribution is 2.21. The third-order valence-corrected chi connectivity index (χ3v) is 3.98. The van der Waals surface area contributed by atoms with E-state index in [2.05, 4.69) is 5.32 Å². The van der Waals surface area contributed by atoms with Gasteiger partial charge >= 0.3 is 6.09 Å². The number of carbonyl (C=O) groups is 2. The highest BCUT2D eigenvalue weighted by atomic mass is 16.4. The molecule has 0 saturated heterocycles. The number of hydrogen-bond acceptors (Lipinski definition) is 3. The molecule has 3 N–H and O–H groups in total. The summed E-state index contributed by atoms with van der Waals surface area (Å²) in [7, 11) is 0. The van der Waals surface area contributed by atoms with Gasteiger partial charge in [0.2, 0.25) is 0 Å². The van der Waals surface area contributed by atoms with Crippen molar-refractivity contribution in [2.45, 2.75) is 57.3 Å². The Morgan fingerprint density at radius 1 is 1.30 bits per heavy atom. The van der Waals surface area contributed by atoms with Crippen molar-refractivity contribution < 1.29 is 19.8 Å². The lowest BCUT2D eigenvalue weighted by Crippen LogP contribution is -2.52. The van der Waals surface area contributed by atoms with Crippen LogP contribution in [0.2, 0.25) is 0 Å². The molecule has 2 amide bonds. The zero-order chi connectivity index (χ0) is 16.8. The first-order valence-corrected chi connectivity index (χ1v) is 8.04. The summed E-state index contributed by atoms with van der Waals surface area (Å²) in [5.74, 6) is -0.481. The van der Waals surface area contributed by atoms with Crippen molar-refractivity contribution in [2.24, 2.45) is 0 Å². The van der Waals surface area contributed by atoms with Gasteiger partial charge in [-0.3, -0.25) is 9.69 Å². The Bertz CT molecular complexity index is 531. The van der Waals surface area contributed by atoms with E-state index < -0.39 is 24.1 Å². The van der Waals surface area contributed by atoms with Gasteiger partial charge in [-0.15, -0.1) is 0 Å². The van der Waals surface area contributed by atoms with E-state index in [1.807, 2.05) is 37.3 Å². The van der Waals surface area contributed by atoms with E-state index in [9.17, 15) is 19.8 Å². The van der Waals surface area contributed by atoms with Crippen LogP contribution in [0.5, 0.6) is 0 Å². The standard InChI is InChI=1S/C17H24N2O4/c1-2-6-14(15(20)16(21)18-13-9-10-13)19(17(22)23)11-12-7-4-3-5-8-12/h3-5,7-8,13-15,20H,2,6,9-11H2,1H3,(H,18,21)(H,22,23)/t14-,15?/m0/s1. The molecule has 2 atom stereocenters. The predicted octanol–water partition coefficient (Wildman–Crippen LogP) is 1.97. The van der Waals surface area contributed by atoms with Gasteiger partial charge in [-0.05, 0) is 24.8 Å². The number of nitrogens with zero attached hydrogens (tertiary/aromatic N) is 1. The highest BCUT2D eigenvalue weighted by molar-refractivity contribution is 5.82. The molecule has 0 spiro atoms. The molecule has 0 heterocycles. The van der Waals surface area contributed by atoms with Gasteiger partial charge in [0.15, 0.2) is 6.10 Å². The first-order chi connectivity index (χ1) is 11.0. The topological polar surface area (TPSA) is 89.9 Å². The lowest BCUT2D eigenvalue weighted by Gasteiger charge is -2.32. The van der Waals surface area contributed by atoms with Crippen LogP contribution in [0, 0.1) is 0 Å². The minimum Gasteiger partial charge on any atom is -0.465 e. The normalized spacial score (nSPS) is 16.4. The minimum atomic E-state index is -1.35. The first-order valence-electron chi connectivity index (χ1n) is 8.04. The third kappa shape index (κ3) is 4.96. The number of hydrogen-bond donors (Lipinski definition) is 3. The van der Waals surface area contributed by atoms with Crippen LogP contribution in [0.3, 0.4) is 0 Å². The Kier molecular flexibility index (Phi) is 5.98. The smallest absolute Gasteiger partial charge is 0.407 e. The van der Waals surface area contributed by atoms with Crippen LogP contribution < -0.4 is 5.32 Å². The predicted molar refractivity (Wildman–Crippen MR) is 85.9 cm³/mol. The van der Waals surface area contributed by atoms with Crippen molar-refractivity contribution in [3.63, 3.8) is 0 Å². The molecule has 6 nitrogen and oxygen atoms in total. The molecule has 6 heteroatoms. The van der Waals surface area contributed by atoms with Gasteiger partial charge in [-0.1, -0.05) is 43.7 Å². The third-order valence-electron chi connectivity index (χ3n) is 3.98. The number of aliphatic hydroxyl groups excluding tert-OH is 1. The fourth-order valence-corrected chi connectivity index (χ4v) is 2.58. The van der Waals surface area contributed by atoms with Gasteiger partial charge in [-0.2, -0.15) is 0 Å². The monoisotopic (exact) mass is 320 g/mol. The maximum atomic E-state index is 12.1. The van der Waals surface area contributed by atoms with Crippen molar-refractivity contribution >= 4 is 12.0 Å². The van der Waals surface area contributed by atoms with Crippen molar-refractivity contribution in [3.8, 4) is 0 Å². The van der Waals surface area contributed by atoms with Crippen molar-refractivity contribution in [1.29, 1.82) is 0 Å². The average Bonchev–Trinajstić information content (AvgIpc) is 3.34. The number of rotatable bonds is 8. The molecule has 0 radical (unpaired) electrons. The maximum Gasteiger partial charge on any atom is 0.407 e. The molecule has 1 aromatic rings. The molecule has 2 rings (SSSR count). The Hall–Kier alpha value is -2.08. The molecule has 0 aliphatic heterocycles. The second kappa shape index (κ2) is 7.97. The number of amides is 2. The van der Waals surface area contributed by atoms with E-state index in [1.165, 1.54) is 0 Å². The fourth-order valence-electron chi connectivity index (χ4n) is 2.58. The zero-order valence-corrected chi connectivity index (χ0v) is 13.3. The van der Waals surface area contributed by atoms with Gasteiger partial charge in [0, 0.05) is 12.6 Å². The number of carbonyl (C=O) groups excluding carboxylic acids is 1. The molecule has 0 bridgehead atoms. The summed E-state index contributed by atoms with van der Waals surface area (Å²) in [5.41, 5.74) is 0.825. The number of benzene rings is 1. The second-order valence-corrected chi connectivity index (χ2v) is 5.98. The molecule has 1 aromatic carbocycles. The van der Waals surface area contributed by atoms with E-state index in [0.717, 1.165) is 23.3 Å². The lowest BCUT2D eigenvalue weighted by molar-refractivity contribution is -0.133. The van der Waals surface area contributed by atoms with Crippen LogP contribution in [-0.2, 0) is 11.3 Å². The van der Waals surface area contributed by atoms with Crippen molar-refractivity contribution in [2.75, 3.05) is 0 Å². The number of aliphatic hydroxyl groups is 1. The van der Waals surface area contributed by atoms with Gasteiger partial charge in [0.05, 0.1) is 6.04 Å². The van der Waals surface area contributed by atoms with Crippen LogP contribution >= 0.6 is 0 Å². The van der Waals surface area contributed by atoms with Crippen molar-refractivity contribution in [1.82, 2.24) is 10.2 Å². The lowest BCUT2D eigenvalue weighted by atomic mass is 10.0. The molecule has 0 aromatic heterocycles. The molecule has 126 valence electrons. The van der Waals surface area contributed by atoms with Gasteiger partial charge < -0.3 is 15.5 Å². The van der Waals surface area contributed by atoms with E-state index >= 15 is 0 Å². The van der Waals surface area contributed by atoms with Crippen LogP contribution in [0.1, 0.15) is 38.2 Å². The maximum absolute atomic E-state index is 12.1. The molecular weight excluding hydrogens is 296 g/mol. The molecule has 1 aliphatic carbocycles. The second-order valence-electron chi connectivity index (χ2n) is 5.98. The van der Waals surface area contributed by atoms with Gasteiger partial charge in [0.1, 0.15) is 0 Å². The average molecular weight is 320 g/mol. The van der Waals surface area contributed by atoms with E-state index in [4.69, 9.17) is 0 Å². The summed E-state index contributed by atoms with van der Waals surface area (Å²) in [4.78, 5) is 24.9. The molecule has 1 unspecified atom stereocenters. The highest BCUT2D eigenvalue weighted by Gasteiger charge is 2.35. The summed E-state index contributed by atoms with van der Waals surface area (Å²) in [6.45, 7) is 2.05. The SMILES string of the molecule is CCC[C@@H](C(O)C(=O)NC1CC1)N(Cc1ccccc1)C(=O)O. The first kappa shape index (κ1) is 17.3. The Balaban J connectivity index is 2.12. The Labute approximate surface area is 136 Å².